The zero-order valence-corrected chi connectivity index (χ0v) is 20.4. The summed E-state index contributed by atoms with van der Waals surface area (Å²) in [5.41, 5.74) is 4.33. The van der Waals surface area contributed by atoms with E-state index in [0.717, 1.165) is 34.7 Å². The lowest BCUT2D eigenvalue weighted by Crippen LogP contribution is -2.25. The third-order valence-corrected chi connectivity index (χ3v) is 7.46. The Morgan fingerprint density at radius 3 is 2.57 bits per heavy atom. The number of ether oxygens (including phenoxy) is 2. The van der Waals surface area contributed by atoms with Gasteiger partial charge in [0, 0.05) is 11.8 Å². The van der Waals surface area contributed by atoms with Gasteiger partial charge in [-0.05, 0) is 67.5 Å². The second kappa shape index (κ2) is 10.00. The molecule has 1 heterocycles. The topological polar surface area (TPSA) is 53.3 Å². The molecule has 2 aliphatic carbocycles. The molecule has 0 N–H and O–H groups in total. The van der Waals surface area contributed by atoms with E-state index < -0.39 is 0 Å². The SMILES string of the molecule is C#C[C@H]1C[C@@H]1c1c(C(=O)OC)cnn1-c1cccc(-c2cccc(OC(C)C3CCCCC3)c2)c1. The van der Waals surface area contributed by atoms with Gasteiger partial charge in [-0.1, -0.05) is 43.5 Å². The first-order valence-electron chi connectivity index (χ1n) is 12.6. The molecule has 2 saturated carbocycles. The van der Waals surface area contributed by atoms with E-state index >= 15 is 0 Å². The summed E-state index contributed by atoms with van der Waals surface area (Å²) in [6.45, 7) is 2.20. The molecule has 0 bridgehead atoms. The molecule has 0 spiro atoms. The molecule has 180 valence electrons. The lowest BCUT2D eigenvalue weighted by Gasteiger charge is -2.28. The van der Waals surface area contributed by atoms with E-state index in [1.807, 2.05) is 28.9 Å². The van der Waals surface area contributed by atoms with E-state index in [-0.39, 0.29) is 23.9 Å². The molecule has 5 nitrogen and oxygen atoms in total. The summed E-state index contributed by atoms with van der Waals surface area (Å²) < 4.78 is 13.2. The van der Waals surface area contributed by atoms with Gasteiger partial charge in [0.2, 0.25) is 0 Å². The highest BCUT2D eigenvalue weighted by Gasteiger charge is 2.42. The number of benzene rings is 2. The van der Waals surface area contributed by atoms with Crippen molar-refractivity contribution in [2.45, 2.75) is 57.5 Å². The fourth-order valence-corrected chi connectivity index (χ4v) is 5.35. The van der Waals surface area contributed by atoms with Crippen molar-refractivity contribution in [2.75, 3.05) is 7.11 Å². The van der Waals surface area contributed by atoms with Gasteiger partial charge >= 0.3 is 5.97 Å². The van der Waals surface area contributed by atoms with Crippen molar-refractivity contribution in [3.05, 3.63) is 66.0 Å². The number of hydrogen-bond acceptors (Lipinski definition) is 4. The van der Waals surface area contributed by atoms with E-state index in [0.29, 0.717) is 11.5 Å². The van der Waals surface area contributed by atoms with Gasteiger partial charge < -0.3 is 9.47 Å². The van der Waals surface area contributed by atoms with Crippen LogP contribution in [0.3, 0.4) is 0 Å². The van der Waals surface area contributed by atoms with Crippen LogP contribution < -0.4 is 4.74 Å². The molecule has 5 rings (SSSR count). The van der Waals surface area contributed by atoms with E-state index in [2.05, 4.69) is 42.2 Å². The fraction of sp³-hybridized carbons (Fsp3) is 0.400. The van der Waals surface area contributed by atoms with Crippen molar-refractivity contribution < 1.29 is 14.3 Å². The average molecular weight is 469 g/mol. The molecule has 3 atom stereocenters. The summed E-state index contributed by atoms with van der Waals surface area (Å²) in [7, 11) is 1.39. The molecule has 1 unspecified atom stereocenters. The number of rotatable bonds is 7. The Morgan fingerprint density at radius 1 is 1.11 bits per heavy atom. The predicted molar refractivity (Wildman–Crippen MR) is 137 cm³/mol. The molecule has 35 heavy (non-hydrogen) atoms. The van der Waals surface area contributed by atoms with Crippen molar-refractivity contribution in [3.63, 3.8) is 0 Å². The smallest absolute Gasteiger partial charge is 0.341 e. The van der Waals surface area contributed by atoms with Crippen LogP contribution in [0.5, 0.6) is 5.75 Å². The van der Waals surface area contributed by atoms with Gasteiger partial charge in [-0.2, -0.15) is 5.10 Å². The summed E-state index contributed by atoms with van der Waals surface area (Å²) in [6, 6.07) is 16.5. The summed E-state index contributed by atoms with van der Waals surface area (Å²) in [4.78, 5) is 12.4. The number of carbonyl (C=O) groups is 1. The molecule has 0 saturated heterocycles. The number of nitrogens with zero attached hydrogens (tertiary/aromatic N) is 2. The van der Waals surface area contributed by atoms with Gasteiger partial charge in [-0.3, -0.25) is 0 Å². The molecule has 2 fully saturated rings. The lowest BCUT2D eigenvalue weighted by molar-refractivity contribution is 0.0599. The predicted octanol–water partition coefficient (Wildman–Crippen LogP) is 6.41. The molecule has 0 amide bonds. The Balaban J connectivity index is 1.42. The van der Waals surface area contributed by atoms with E-state index in [1.165, 1.54) is 39.2 Å². The maximum Gasteiger partial charge on any atom is 0.341 e. The normalized spacial score (nSPS) is 20.6. The van der Waals surface area contributed by atoms with Crippen LogP contribution in [0, 0.1) is 24.2 Å². The summed E-state index contributed by atoms with van der Waals surface area (Å²) in [5, 5.41) is 4.55. The highest BCUT2D eigenvalue weighted by atomic mass is 16.5. The lowest BCUT2D eigenvalue weighted by atomic mass is 9.86. The van der Waals surface area contributed by atoms with Crippen molar-refractivity contribution in [2.24, 2.45) is 11.8 Å². The minimum atomic E-state index is -0.387. The van der Waals surface area contributed by atoms with Crippen LogP contribution in [0.15, 0.2) is 54.7 Å². The molecule has 5 heteroatoms. The number of esters is 1. The number of methoxy groups -OCH3 is 1. The summed E-state index contributed by atoms with van der Waals surface area (Å²) in [6.07, 6.45) is 14.8. The number of aromatic nitrogens is 2. The van der Waals surface area contributed by atoms with Gasteiger partial charge in [0.15, 0.2) is 0 Å². The molecular weight excluding hydrogens is 436 g/mol. The molecule has 0 aliphatic heterocycles. The highest BCUT2D eigenvalue weighted by Crippen LogP contribution is 2.48. The standard InChI is InChI=1S/C30H32N2O3/c1-4-21-18-27(21)29-28(30(33)34-3)19-31-32(29)25-14-8-12-23(16-25)24-13-9-15-26(17-24)35-20(2)22-10-6-5-7-11-22/h1,8-9,12-17,19-22,27H,5-7,10-11,18H2,2-3H3/t20?,21-,27-/m0/s1. The second-order valence-electron chi connectivity index (χ2n) is 9.76. The molecule has 2 aliphatic rings. The van der Waals surface area contributed by atoms with Crippen molar-refractivity contribution >= 4 is 5.97 Å². The maximum absolute atomic E-state index is 12.4. The molecule has 0 radical (unpaired) electrons. The van der Waals surface area contributed by atoms with Crippen molar-refractivity contribution in [1.29, 1.82) is 0 Å². The molecule has 1 aromatic heterocycles. The zero-order chi connectivity index (χ0) is 24.4. The van der Waals surface area contributed by atoms with Gasteiger partial charge in [-0.25, -0.2) is 9.48 Å². The third-order valence-electron chi connectivity index (χ3n) is 7.46. The van der Waals surface area contributed by atoms with Gasteiger partial charge in [0.1, 0.15) is 11.3 Å². The van der Waals surface area contributed by atoms with Gasteiger partial charge in [0.05, 0.1) is 30.8 Å². The maximum atomic E-state index is 12.4. The quantitative estimate of drug-likeness (QED) is 0.297. The Morgan fingerprint density at radius 2 is 1.86 bits per heavy atom. The Bertz CT molecular complexity index is 1250. The first-order valence-corrected chi connectivity index (χ1v) is 12.6. The molecule has 2 aromatic carbocycles. The second-order valence-corrected chi connectivity index (χ2v) is 9.76. The average Bonchev–Trinajstić information content (AvgIpc) is 3.56. The number of carbonyl (C=O) groups excluding carboxylic acids is 1. The Kier molecular flexibility index (Phi) is 6.63. The third kappa shape index (κ3) is 4.84. The van der Waals surface area contributed by atoms with Crippen LogP contribution in [0.4, 0.5) is 0 Å². The largest absolute Gasteiger partial charge is 0.490 e. The monoisotopic (exact) mass is 468 g/mol. The van der Waals surface area contributed by atoms with Crippen LogP contribution in [0.2, 0.25) is 0 Å². The summed E-state index contributed by atoms with van der Waals surface area (Å²) in [5.74, 6) is 4.19. The van der Waals surface area contributed by atoms with Gasteiger partial charge in [-0.15, -0.1) is 12.3 Å². The van der Waals surface area contributed by atoms with E-state index in [4.69, 9.17) is 15.9 Å². The first kappa shape index (κ1) is 23.2. The van der Waals surface area contributed by atoms with Crippen LogP contribution in [-0.4, -0.2) is 29.0 Å². The van der Waals surface area contributed by atoms with Crippen LogP contribution in [-0.2, 0) is 4.74 Å². The van der Waals surface area contributed by atoms with Crippen molar-refractivity contribution in [3.8, 4) is 34.9 Å². The fourth-order valence-electron chi connectivity index (χ4n) is 5.35. The minimum absolute atomic E-state index is 0.109. The first-order chi connectivity index (χ1) is 17.1. The number of terminal acetylenes is 1. The molecule has 3 aromatic rings. The zero-order valence-electron chi connectivity index (χ0n) is 20.4. The van der Waals surface area contributed by atoms with Crippen LogP contribution >= 0.6 is 0 Å². The van der Waals surface area contributed by atoms with Crippen molar-refractivity contribution in [1.82, 2.24) is 9.78 Å². The highest BCUT2D eigenvalue weighted by molar-refractivity contribution is 5.91. The minimum Gasteiger partial charge on any atom is -0.490 e. The summed E-state index contributed by atoms with van der Waals surface area (Å²) >= 11 is 0. The Labute approximate surface area is 207 Å². The number of hydrogen-bond donors (Lipinski definition) is 0. The van der Waals surface area contributed by atoms with E-state index in [9.17, 15) is 4.79 Å². The Hall–Kier alpha value is -3.52. The van der Waals surface area contributed by atoms with E-state index in [1.54, 1.807) is 6.20 Å². The van der Waals surface area contributed by atoms with Crippen LogP contribution in [0.1, 0.15) is 67.4 Å². The van der Waals surface area contributed by atoms with Crippen LogP contribution in [0.25, 0.3) is 16.8 Å². The van der Waals surface area contributed by atoms with Gasteiger partial charge in [0.25, 0.3) is 0 Å². The molecular formula is C30H32N2O3.